The molecule has 1 unspecified atom stereocenters. The van der Waals surface area contributed by atoms with Crippen LogP contribution in [-0.4, -0.2) is 59.1 Å². The summed E-state index contributed by atoms with van der Waals surface area (Å²) in [6.07, 6.45) is 2.19. The van der Waals surface area contributed by atoms with Gasteiger partial charge in [-0.25, -0.2) is 13.1 Å². The second-order valence-electron chi connectivity index (χ2n) is 11.4. The van der Waals surface area contributed by atoms with Crippen LogP contribution in [0.5, 0.6) is 11.5 Å². The number of anilines is 2. The van der Waals surface area contributed by atoms with Crippen LogP contribution >= 0.6 is 0 Å². The Morgan fingerprint density at radius 3 is 2.29 bits per heavy atom. The molecule has 0 saturated carbocycles. The van der Waals surface area contributed by atoms with Crippen molar-refractivity contribution < 1.29 is 37.0 Å². The summed E-state index contributed by atoms with van der Waals surface area (Å²) in [7, 11) is -2.85. The molecule has 11 nitrogen and oxygen atoms in total. The van der Waals surface area contributed by atoms with Crippen molar-refractivity contribution in [2.75, 3.05) is 37.0 Å². The highest BCUT2D eigenvalue weighted by Gasteiger charge is 2.34. The lowest BCUT2D eigenvalue weighted by Gasteiger charge is -2.36. The fraction of sp³-hybridized carbons (Fsp3) is 0.270. The summed E-state index contributed by atoms with van der Waals surface area (Å²) in [4.78, 5) is 40.2. The van der Waals surface area contributed by atoms with Crippen LogP contribution in [0, 0.1) is 0 Å². The van der Waals surface area contributed by atoms with E-state index in [0.717, 1.165) is 19.3 Å². The number of unbranched alkanes of at least 4 members (excludes halogenated alkanes) is 1. The number of hydrogen-bond donors (Lipinski definition) is 2. The SMILES string of the molecule is COC(=O)CCCN1CC(C(=O)NS(=O)(=O)c2ccccc2)Oc2c(NC(=O)c3ccc(OCCCCc4ccccc4)cc3)cccc21. The van der Waals surface area contributed by atoms with E-state index in [1.807, 2.05) is 23.1 Å². The summed E-state index contributed by atoms with van der Waals surface area (Å²) < 4.78 is 44.6. The molecule has 1 aliphatic heterocycles. The number of esters is 1. The number of fused-ring (bicyclic) bond motifs is 1. The molecular formula is C37H39N3O8S. The third kappa shape index (κ3) is 9.60. The predicted octanol–water partition coefficient (Wildman–Crippen LogP) is 5.37. The first-order chi connectivity index (χ1) is 23.7. The van der Waals surface area contributed by atoms with Gasteiger partial charge in [-0.2, -0.15) is 0 Å². The van der Waals surface area contributed by atoms with Gasteiger partial charge in [0.15, 0.2) is 11.9 Å². The second kappa shape index (κ2) is 16.6. The number of amides is 2. The van der Waals surface area contributed by atoms with E-state index in [1.54, 1.807) is 60.7 Å². The molecule has 0 aromatic heterocycles. The zero-order valence-corrected chi connectivity index (χ0v) is 28.0. The standard InChI is InChI=1S/C37H39N3O8S/c1-46-34(41)19-11-24-40-26-33(37(43)39-49(44,45)30-15-6-3-7-16-30)48-35-31(17-10-18-32(35)40)38-36(42)28-20-22-29(23-21-28)47-25-9-8-14-27-12-4-2-5-13-27/h2-7,10,12-13,15-18,20-23,33H,8-9,11,14,19,24-26H2,1H3,(H,38,42)(H,39,43). The van der Waals surface area contributed by atoms with Gasteiger partial charge in [-0.15, -0.1) is 0 Å². The molecule has 2 N–H and O–H groups in total. The van der Waals surface area contributed by atoms with E-state index < -0.39 is 27.9 Å². The number of para-hydroxylation sites is 1. The van der Waals surface area contributed by atoms with Crippen molar-refractivity contribution in [3.8, 4) is 11.5 Å². The van der Waals surface area contributed by atoms with Gasteiger partial charge < -0.3 is 24.4 Å². The van der Waals surface area contributed by atoms with E-state index in [0.29, 0.717) is 42.3 Å². The van der Waals surface area contributed by atoms with Crippen molar-refractivity contribution in [2.45, 2.75) is 43.1 Å². The molecule has 12 heteroatoms. The van der Waals surface area contributed by atoms with Crippen molar-refractivity contribution in [3.63, 3.8) is 0 Å². The van der Waals surface area contributed by atoms with E-state index in [4.69, 9.17) is 14.2 Å². The molecule has 0 bridgehead atoms. The number of nitrogens with one attached hydrogen (secondary N) is 2. The number of carbonyl (C=O) groups is 3. The van der Waals surface area contributed by atoms with Crippen LogP contribution in [0.1, 0.15) is 41.6 Å². The molecule has 2 amide bonds. The van der Waals surface area contributed by atoms with E-state index >= 15 is 0 Å². The van der Waals surface area contributed by atoms with Crippen molar-refractivity contribution in [1.29, 1.82) is 0 Å². The van der Waals surface area contributed by atoms with Gasteiger partial charge in [0.1, 0.15) is 5.75 Å². The minimum Gasteiger partial charge on any atom is -0.494 e. The van der Waals surface area contributed by atoms with Crippen molar-refractivity contribution in [1.82, 2.24) is 4.72 Å². The first-order valence-electron chi connectivity index (χ1n) is 16.0. The smallest absolute Gasteiger partial charge is 0.305 e. The summed E-state index contributed by atoms with van der Waals surface area (Å²) in [5, 5.41) is 2.86. The van der Waals surface area contributed by atoms with Gasteiger partial charge in [-0.05, 0) is 79.8 Å². The van der Waals surface area contributed by atoms with Gasteiger partial charge in [0.05, 0.1) is 36.5 Å². The molecule has 0 fully saturated rings. The van der Waals surface area contributed by atoms with Gasteiger partial charge in [-0.1, -0.05) is 54.6 Å². The van der Waals surface area contributed by atoms with E-state index in [9.17, 15) is 22.8 Å². The highest BCUT2D eigenvalue weighted by Crippen LogP contribution is 2.40. The molecule has 4 aromatic carbocycles. The third-order valence-corrected chi connectivity index (χ3v) is 9.30. The lowest BCUT2D eigenvalue weighted by molar-refractivity contribution is -0.140. The zero-order valence-electron chi connectivity index (χ0n) is 27.2. The summed E-state index contributed by atoms with van der Waals surface area (Å²) in [5.41, 5.74) is 2.54. The van der Waals surface area contributed by atoms with Gasteiger partial charge >= 0.3 is 5.97 Å². The average molecular weight is 686 g/mol. The fourth-order valence-corrected chi connectivity index (χ4v) is 6.39. The van der Waals surface area contributed by atoms with Crippen LogP contribution in [0.15, 0.2) is 108 Å². The predicted molar refractivity (Wildman–Crippen MR) is 185 cm³/mol. The number of sulfonamides is 1. The molecule has 0 saturated heterocycles. The normalized spacial score (nSPS) is 13.8. The van der Waals surface area contributed by atoms with Crippen molar-refractivity contribution >= 4 is 39.2 Å². The number of rotatable bonds is 15. The van der Waals surface area contributed by atoms with Crippen LogP contribution < -0.4 is 24.4 Å². The van der Waals surface area contributed by atoms with Gasteiger partial charge in [0, 0.05) is 18.5 Å². The molecule has 1 heterocycles. The number of benzene rings is 4. The lowest BCUT2D eigenvalue weighted by atomic mass is 10.1. The minimum atomic E-state index is -4.16. The number of nitrogens with zero attached hydrogens (tertiary/aromatic N) is 1. The molecule has 0 radical (unpaired) electrons. The summed E-state index contributed by atoms with van der Waals surface area (Å²) >= 11 is 0. The van der Waals surface area contributed by atoms with Crippen molar-refractivity contribution in [2.24, 2.45) is 0 Å². The summed E-state index contributed by atoms with van der Waals surface area (Å²) in [6.45, 7) is 0.907. The molecular weight excluding hydrogens is 646 g/mol. The number of aryl methyl sites for hydroxylation is 1. The molecule has 4 aromatic rings. The first kappa shape index (κ1) is 35.0. The fourth-order valence-electron chi connectivity index (χ4n) is 5.36. The lowest BCUT2D eigenvalue weighted by Crippen LogP contribution is -2.50. The Kier molecular flexibility index (Phi) is 11.9. The van der Waals surface area contributed by atoms with Crippen LogP contribution in [0.2, 0.25) is 0 Å². The average Bonchev–Trinajstić information content (AvgIpc) is 3.12. The van der Waals surface area contributed by atoms with Crippen LogP contribution in [-0.2, 0) is 30.8 Å². The number of carbonyl (C=O) groups excluding carboxylic acids is 3. The Morgan fingerprint density at radius 2 is 1.57 bits per heavy atom. The molecule has 49 heavy (non-hydrogen) atoms. The topological polar surface area (TPSA) is 140 Å². The Labute approximate surface area is 286 Å². The summed E-state index contributed by atoms with van der Waals surface area (Å²) in [5.74, 6) is -0.810. The monoisotopic (exact) mass is 685 g/mol. The van der Waals surface area contributed by atoms with Crippen molar-refractivity contribution in [3.05, 3.63) is 114 Å². The Bertz CT molecular complexity index is 1830. The van der Waals surface area contributed by atoms with E-state index in [2.05, 4.69) is 22.2 Å². The number of methoxy groups -OCH3 is 1. The van der Waals surface area contributed by atoms with E-state index in [1.165, 1.54) is 24.8 Å². The third-order valence-electron chi connectivity index (χ3n) is 7.93. The molecule has 5 rings (SSSR count). The Morgan fingerprint density at radius 1 is 0.857 bits per heavy atom. The summed E-state index contributed by atoms with van der Waals surface area (Å²) in [6, 6.07) is 29.8. The maximum atomic E-state index is 13.3. The minimum absolute atomic E-state index is 0.00936. The van der Waals surface area contributed by atoms with Crippen LogP contribution in [0.25, 0.3) is 0 Å². The quantitative estimate of drug-likeness (QED) is 0.125. The van der Waals surface area contributed by atoms with Gasteiger partial charge in [-0.3, -0.25) is 14.4 Å². The molecule has 1 atom stereocenters. The second-order valence-corrected chi connectivity index (χ2v) is 13.1. The number of ether oxygens (including phenoxy) is 3. The number of hydrogen-bond acceptors (Lipinski definition) is 9. The highest BCUT2D eigenvalue weighted by atomic mass is 32.2. The highest BCUT2D eigenvalue weighted by molar-refractivity contribution is 7.90. The molecule has 0 spiro atoms. The Balaban J connectivity index is 1.25. The zero-order chi connectivity index (χ0) is 34.6. The largest absolute Gasteiger partial charge is 0.494 e. The first-order valence-corrected chi connectivity index (χ1v) is 17.5. The van der Waals surface area contributed by atoms with Gasteiger partial charge in [0.25, 0.3) is 21.8 Å². The van der Waals surface area contributed by atoms with Gasteiger partial charge in [0.2, 0.25) is 0 Å². The molecule has 1 aliphatic rings. The maximum absolute atomic E-state index is 13.3. The molecule has 0 aliphatic carbocycles. The van der Waals surface area contributed by atoms with Crippen LogP contribution in [0.3, 0.4) is 0 Å². The van der Waals surface area contributed by atoms with Crippen LogP contribution in [0.4, 0.5) is 11.4 Å². The van der Waals surface area contributed by atoms with E-state index in [-0.39, 0.29) is 29.6 Å². The molecule has 256 valence electrons. The maximum Gasteiger partial charge on any atom is 0.305 e. The Hall–Kier alpha value is -5.36.